The molecular weight excluding hydrogens is 302 g/mol. The summed E-state index contributed by atoms with van der Waals surface area (Å²) < 4.78 is 10.6. The van der Waals surface area contributed by atoms with Gasteiger partial charge in [0.1, 0.15) is 0 Å². The van der Waals surface area contributed by atoms with Crippen molar-refractivity contribution in [3.8, 4) is 11.5 Å². The Bertz CT molecular complexity index is 723. The summed E-state index contributed by atoms with van der Waals surface area (Å²) in [7, 11) is 3.18. The zero-order chi connectivity index (χ0) is 17.7. The second-order valence-corrected chi connectivity index (χ2v) is 6.16. The number of hydrogen-bond donors (Lipinski definition) is 1. The minimum atomic E-state index is -0.708. The van der Waals surface area contributed by atoms with E-state index in [2.05, 4.69) is 12.2 Å². The number of para-hydroxylation sites is 1. The van der Waals surface area contributed by atoms with Crippen LogP contribution in [0, 0.1) is 0 Å². The summed E-state index contributed by atoms with van der Waals surface area (Å²) in [6, 6.07) is 13.4. The van der Waals surface area contributed by atoms with E-state index in [4.69, 9.17) is 9.47 Å². The molecule has 0 saturated carbocycles. The van der Waals surface area contributed by atoms with Crippen molar-refractivity contribution in [3.63, 3.8) is 0 Å². The topological polar surface area (TPSA) is 47.6 Å². The molecule has 4 nitrogen and oxygen atoms in total. The monoisotopic (exact) mass is 327 g/mol. The first-order chi connectivity index (χ1) is 11.4. The van der Waals surface area contributed by atoms with Crippen molar-refractivity contribution in [3.05, 3.63) is 53.6 Å². The van der Waals surface area contributed by atoms with Crippen LogP contribution < -0.4 is 14.8 Å². The van der Waals surface area contributed by atoms with E-state index in [-0.39, 0.29) is 5.91 Å². The summed E-state index contributed by atoms with van der Waals surface area (Å²) in [6.07, 6.45) is 0.868. The van der Waals surface area contributed by atoms with Crippen LogP contribution in [-0.4, -0.2) is 20.1 Å². The number of carbonyl (C=O) groups excluding carboxylic acids is 1. The third-order valence-electron chi connectivity index (χ3n) is 4.32. The normalized spacial score (nSPS) is 11.0. The lowest BCUT2D eigenvalue weighted by atomic mass is 9.83. The van der Waals surface area contributed by atoms with Crippen molar-refractivity contribution in [1.29, 1.82) is 0 Å². The van der Waals surface area contributed by atoms with Crippen LogP contribution in [0.1, 0.15) is 31.9 Å². The molecule has 0 aliphatic carbocycles. The number of anilines is 1. The van der Waals surface area contributed by atoms with Crippen LogP contribution in [-0.2, 0) is 16.6 Å². The maximum Gasteiger partial charge on any atom is 0.234 e. The van der Waals surface area contributed by atoms with Crippen LogP contribution in [0.5, 0.6) is 11.5 Å². The van der Waals surface area contributed by atoms with Gasteiger partial charge in [-0.2, -0.15) is 0 Å². The maximum atomic E-state index is 12.9. The Labute approximate surface area is 143 Å². The highest BCUT2D eigenvalue weighted by Gasteiger charge is 2.31. The molecule has 4 heteroatoms. The maximum absolute atomic E-state index is 12.9. The molecule has 1 N–H and O–H groups in total. The Morgan fingerprint density at radius 2 is 1.71 bits per heavy atom. The largest absolute Gasteiger partial charge is 0.493 e. The van der Waals surface area contributed by atoms with Crippen LogP contribution in [0.3, 0.4) is 0 Å². The van der Waals surface area contributed by atoms with Crippen LogP contribution in [0.15, 0.2) is 42.5 Å². The Balaban J connectivity index is 2.30. The molecule has 0 atom stereocenters. The fourth-order valence-electron chi connectivity index (χ4n) is 2.59. The lowest BCUT2D eigenvalue weighted by Crippen LogP contribution is -2.35. The lowest BCUT2D eigenvalue weighted by molar-refractivity contribution is -0.120. The van der Waals surface area contributed by atoms with Gasteiger partial charge in [-0.25, -0.2) is 0 Å². The molecule has 0 radical (unpaired) electrons. The van der Waals surface area contributed by atoms with E-state index in [0.29, 0.717) is 11.5 Å². The Hall–Kier alpha value is -2.49. The quantitative estimate of drug-likeness (QED) is 0.865. The predicted molar refractivity (Wildman–Crippen MR) is 97.0 cm³/mol. The molecule has 0 saturated heterocycles. The molecule has 0 spiro atoms. The first kappa shape index (κ1) is 17.9. The summed E-state index contributed by atoms with van der Waals surface area (Å²) in [5, 5.41) is 3.06. The molecule has 0 aliphatic heterocycles. The van der Waals surface area contributed by atoms with Gasteiger partial charge in [-0.15, -0.1) is 0 Å². The van der Waals surface area contributed by atoms with Crippen LogP contribution >= 0.6 is 0 Å². The summed E-state index contributed by atoms with van der Waals surface area (Å²) in [5.41, 5.74) is 2.14. The average molecular weight is 327 g/mol. The van der Waals surface area contributed by atoms with Gasteiger partial charge in [0, 0.05) is 5.69 Å². The number of methoxy groups -OCH3 is 2. The van der Waals surface area contributed by atoms with E-state index in [9.17, 15) is 4.79 Å². The van der Waals surface area contributed by atoms with Crippen molar-refractivity contribution in [1.82, 2.24) is 0 Å². The molecule has 0 bridgehead atoms. The van der Waals surface area contributed by atoms with Crippen LogP contribution in [0.2, 0.25) is 0 Å². The Morgan fingerprint density at radius 3 is 2.33 bits per heavy atom. The summed E-state index contributed by atoms with van der Waals surface area (Å²) in [6.45, 7) is 5.88. The number of ether oxygens (including phenoxy) is 2. The summed E-state index contributed by atoms with van der Waals surface area (Å²) in [4.78, 5) is 12.9. The van der Waals surface area contributed by atoms with E-state index in [0.717, 1.165) is 23.2 Å². The van der Waals surface area contributed by atoms with Gasteiger partial charge in [-0.05, 0) is 49.6 Å². The van der Waals surface area contributed by atoms with Gasteiger partial charge in [-0.1, -0.05) is 31.2 Å². The molecule has 0 unspecified atom stereocenters. The second-order valence-electron chi connectivity index (χ2n) is 6.16. The van der Waals surface area contributed by atoms with Gasteiger partial charge in [-0.3, -0.25) is 4.79 Å². The van der Waals surface area contributed by atoms with Gasteiger partial charge in [0.05, 0.1) is 19.6 Å². The highest BCUT2D eigenvalue weighted by atomic mass is 16.5. The van der Waals surface area contributed by atoms with Crippen molar-refractivity contribution < 1.29 is 14.3 Å². The van der Waals surface area contributed by atoms with E-state index < -0.39 is 5.41 Å². The first-order valence-corrected chi connectivity index (χ1v) is 8.05. The van der Waals surface area contributed by atoms with Crippen LogP contribution in [0.25, 0.3) is 0 Å². The minimum Gasteiger partial charge on any atom is -0.493 e. The third kappa shape index (κ3) is 3.53. The first-order valence-electron chi connectivity index (χ1n) is 8.05. The minimum absolute atomic E-state index is 0.0596. The fraction of sp³-hybridized carbons (Fsp3) is 0.350. The Kier molecular flexibility index (Phi) is 5.50. The smallest absolute Gasteiger partial charge is 0.234 e. The van der Waals surface area contributed by atoms with Crippen molar-refractivity contribution in [2.24, 2.45) is 0 Å². The zero-order valence-corrected chi connectivity index (χ0v) is 15.0. The molecule has 0 heterocycles. The SMILES string of the molecule is CCc1ccccc1NC(=O)C(C)(C)c1ccc(OC)c(OC)c1. The highest BCUT2D eigenvalue weighted by Crippen LogP contribution is 2.34. The molecule has 2 aromatic carbocycles. The molecular formula is C20H25NO3. The number of rotatable bonds is 6. The van der Waals surface area contributed by atoms with Crippen LogP contribution in [0.4, 0.5) is 5.69 Å². The van der Waals surface area contributed by atoms with E-state index in [1.165, 1.54) is 0 Å². The molecule has 0 aromatic heterocycles. The highest BCUT2D eigenvalue weighted by molar-refractivity contribution is 5.99. The number of carbonyl (C=O) groups is 1. The fourth-order valence-corrected chi connectivity index (χ4v) is 2.59. The second kappa shape index (κ2) is 7.39. The van der Waals surface area contributed by atoms with Gasteiger partial charge in [0.15, 0.2) is 11.5 Å². The van der Waals surface area contributed by atoms with Crippen molar-refractivity contribution in [2.45, 2.75) is 32.6 Å². The third-order valence-corrected chi connectivity index (χ3v) is 4.32. The predicted octanol–water partition coefficient (Wildman–Crippen LogP) is 4.18. The molecule has 1 amide bonds. The molecule has 24 heavy (non-hydrogen) atoms. The Morgan fingerprint density at radius 1 is 1.04 bits per heavy atom. The van der Waals surface area contributed by atoms with Gasteiger partial charge >= 0.3 is 0 Å². The van der Waals surface area contributed by atoms with Gasteiger partial charge in [0.25, 0.3) is 0 Å². The summed E-state index contributed by atoms with van der Waals surface area (Å²) in [5.74, 6) is 1.20. The number of amides is 1. The number of nitrogens with one attached hydrogen (secondary N) is 1. The van der Waals surface area contributed by atoms with Gasteiger partial charge in [0.2, 0.25) is 5.91 Å². The zero-order valence-electron chi connectivity index (χ0n) is 15.0. The van der Waals surface area contributed by atoms with E-state index >= 15 is 0 Å². The molecule has 2 rings (SSSR count). The lowest BCUT2D eigenvalue weighted by Gasteiger charge is -2.25. The van der Waals surface area contributed by atoms with Crippen molar-refractivity contribution >= 4 is 11.6 Å². The van der Waals surface area contributed by atoms with Gasteiger partial charge < -0.3 is 14.8 Å². The molecule has 0 fully saturated rings. The molecule has 128 valence electrons. The average Bonchev–Trinajstić information content (AvgIpc) is 2.61. The summed E-state index contributed by atoms with van der Waals surface area (Å²) >= 11 is 0. The van der Waals surface area contributed by atoms with E-state index in [1.54, 1.807) is 14.2 Å². The molecule has 0 aliphatic rings. The van der Waals surface area contributed by atoms with Crippen molar-refractivity contribution in [2.75, 3.05) is 19.5 Å². The standard InChI is InChI=1S/C20H25NO3/c1-6-14-9-7-8-10-16(14)21-19(22)20(2,3)15-11-12-17(23-4)18(13-15)24-5/h7-13H,6H2,1-5H3,(H,21,22). The number of aryl methyl sites for hydroxylation is 1. The number of benzene rings is 2. The molecule has 2 aromatic rings. The van der Waals surface area contributed by atoms with E-state index in [1.807, 2.05) is 56.3 Å². The number of hydrogen-bond acceptors (Lipinski definition) is 3.